The third kappa shape index (κ3) is 4.07. The fourth-order valence-corrected chi connectivity index (χ4v) is 1.67. The summed E-state index contributed by atoms with van der Waals surface area (Å²) in [6.45, 7) is 10.9. The van der Waals surface area contributed by atoms with Gasteiger partial charge in [0.15, 0.2) is 0 Å². The van der Waals surface area contributed by atoms with Crippen LogP contribution in [0.5, 0.6) is 0 Å². The van der Waals surface area contributed by atoms with Crippen LogP contribution >= 0.6 is 0 Å². The van der Waals surface area contributed by atoms with Crippen LogP contribution in [0.4, 0.5) is 0 Å². The van der Waals surface area contributed by atoms with E-state index in [0.717, 1.165) is 0 Å². The molecule has 2 nitrogen and oxygen atoms in total. The molecule has 0 aromatic carbocycles. The van der Waals surface area contributed by atoms with E-state index in [9.17, 15) is 0 Å². The number of nitrogens with zero attached hydrogens (tertiary/aromatic N) is 1. The first kappa shape index (κ1) is 11.9. The summed E-state index contributed by atoms with van der Waals surface area (Å²) in [6, 6.07) is 1.39. The molecule has 0 saturated carbocycles. The molecule has 1 aliphatic rings. The number of piperazine rings is 1. The lowest BCUT2D eigenvalue weighted by molar-refractivity contribution is 0.196. The molecule has 0 amide bonds. The zero-order valence-electron chi connectivity index (χ0n) is 9.22. The van der Waals surface area contributed by atoms with Crippen molar-refractivity contribution in [2.24, 2.45) is 0 Å². The molecular formula is C10H24N2. The molecule has 1 N–H and O–H groups in total. The van der Waals surface area contributed by atoms with Gasteiger partial charge in [0, 0.05) is 25.2 Å². The Morgan fingerprint density at radius 1 is 1.33 bits per heavy atom. The van der Waals surface area contributed by atoms with Crippen molar-refractivity contribution in [3.05, 3.63) is 0 Å². The van der Waals surface area contributed by atoms with Gasteiger partial charge in [-0.3, -0.25) is 0 Å². The van der Waals surface area contributed by atoms with E-state index in [0.29, 0.717) is 12.1 Å². The summed E-state index contributed by atoms with van der Waals surface area (Å²) in [5, 5.41) is 3.55. The van der Waals surface area contributed by atoms with Crippen LogP contribution in [0.2, 0.25) is 0 Å². The molecule has 12 heavy (non-hydrogen) atoms. The standard InChI is InChI=1S/C8H18N2.C2H6/c1-4-8-6-10(3)5-7(2)9-8;1-2/h7-9H,4-6H2,1-3H3;1-2H3. The van der Waals surface area contributed by atoms with Crippen molar-refractivity contribution >= 4 is 0 Å². The monoisotopic (exact) mass is 172 g/mol. The Morgan fingerprint density at radius 2 is 1.92 bits per heavy atom. The van der Waals surface area contributed by atoms with Crippen LogP contribution in [0, 0.1) is 0 Å². The van der Waals surface area contributed by atoms with Gasteiger partial charge in [0.2, 0.25) is 0 Å². The number of hydrogen-bond acceptors (Lipinski definition) is 2. The van der Waals surface area contributed by atoms with Gasteiger partial charge >= 0.3 is 0 Å². The Labute approximate surface area is 77.3 Å². The van der Waals surface area contributed by atoms with Gasteiger partial charge in [0.05, 0.1) is 0 Å². The summed E-state index contributed by atoms with van der Waals surface area (Å²) < 4.78 is 0. The molecule has 0 radical (unpaired) electrons. The highest BCUT2D eigenvalue weighted by molar-refractivity contribution is 4.80. The van der Waals surface area contributed by atoms with Crippen LogP contribution in [0.25, 0.3) is 0 Å². The van der Waals surface area contributed by atoms with E-state index in [-0.39, 0.29) is 0 Å². The van der Waals surface area contributed by atoms with Gasteiger partial charge in [-0.15, -0.1) is 0 Å². The first-order chi connectivity index (χ1) is 5.72. The molecule has 0 spiro atoms. The smallest absolute Gasteiger partial charge is 0.0195 e. The molecule has 0 aromatic rings. The largest absolute Gasteiger partial charge is 0.309 e. The number of rotatable bonds is 1. The summed E-state index contributed by atoms with van der Waals surface area (Å²) in [7, 11) is 2.19. The maximum atomic E-state index is 3.55. The van der Waals surface area contributed by atoms with Crippen molar-refractivity contribution in [1.82, 2.24) is 10.2 Å². The van der Waals surface area contributed by atoms with Gasteiger partial charge in [-0.2, -0.15) is 0 Å². The average molecular weight is 172 g/mol. The lowest BCUT2D eigenvalue weighted by Crippen LogP contribution is -2.53. The summed E-state index contributed by atoms with van der Waals surface area (Å²) in [5.41, 5.74) is 0. The quantitative estimate of drug-likeness (QED) is 0.648. The molecule has 2 atom stereocenters. The van der Waals surface area contributed by atoms with E-state index in [1.165, 1.54) is 19.5 Å². The van der Waals surface area contributed by atoms with Crippen molar-refractivity contribution in [3.8, 4) is 0 Å². The maximum Gasteiger partial charge on any atom is 0.0195 e. The topological polar surface area (TPSA) is 15.3 Å². The van der Waals surface area contributed by atoms with Gasteiger partial charge in [0.25, 0.3) is 0 Å². The molecule has 0 bridgehead atoms. The van der Waals surface area contributed by atoms with E-state index in [1.807, 2.05) is 13.8 Å². The van der Waals surface area contributed by atoms with E-state index >= 15 is 0 Å². The summed E-state index contributed by atoms with van der Waals surface area (Å²) in [6.07, 6.45) is 1.24. The highest BCUT2D eigenvalue weighted by atomic mass is 15.2. The molecule has 2 unspecified atom stereocenters. The summed E-state index contributed by atoms with van der Waals surface area (Å²) in [4.78, 5) is 2.40. The van der Waals surface area contributed by atoms with Crippen LogP contribution in [0.15, 0.2) is 0 Å². The molecule has 1 saturated heterocycles. The highest BCUT2D eigenvalue weighted by Gasteiger charge is 2.18. The Bertz CT molecular complexity index is 94.0. The second-order valence-electron chi connectivity index (χ2n) is 3.39. The normalized spacial score (nSPS) is 30.8. The van der Waals surface area contributed by atoms with Gasteiger partial charge in [-0.05, 0) is 20.4 Å². The second kappa shape index (κ2) is 6.44. The lowest BCUT2D eigenvalue weighted by atomic mass is 10.1. The zero-order valence-corrected chi connectivity index (χ0v) is 9.22. The number of hydrogen-bond donors (Lipinski definition) is 1. The molecule has 1 fully saturated rings. The molecule has 2 heteroatoms. The third-order valence-electron chi connectivity index (χ3n) is 2.13. The zero-order chi connectivity index (χ0) is 9.56. The summed E-state index contributed by atoms with van der Waals surface area (Å²) >= 11 is 0. The minimum absolute atomic E-state index is 0.670. The molecule has 0 aliphatic carbocycles. The van der Waals surface area contributed by atoms with Crippen molar-refractivity contribution in [2.45, 2.75) is 46.2 Å². The Hall–Kier alpha value is -0.0800. The predicted octanol–water partition coefficient (Wildman–Crippen LogP) is 1.71. The summed E-state index contributed by atoms with van der Waals surface area (Å²) in [5.74, 6) is 0. The number of likely N-dealkylation sites (N-methyl/N-ethyl adjacent to an activating group) is 1. The molecule has 1 heterocycles. The Morgan fingerprint density at radius 3 is 2.33 bits per heavy atom. The van der Waals surface area contributed by atoms with Crippen LogP contribution < -0.4 is 5.32 Å². The Balaban J connectivity index is 0.000000561. The first-order valence-electron chi connectivity index (χ1n) is 5.17. The molecule has 0 aromatic heterocycles. The molecule has 1 rings (SSSR count). The first-order valence-corrected chi connectivity index (χ1v) is 5.17. The second-order valence-corrected chi connectivity index (χ2v) is 3.39. The maximum absolute atomic E-state index is 3.55. The minimum Gasteiger partial charge on any atom is -0.309 e. The van der Waals surface area contributed by atoms with Gasteiger partial charge in [0.1, 0.15) is 0 Å². The SMILES string of the molecule is CC.CCC1CN(C)CC(C)N1. The van der Waals surface area contributed by atoms with E-state index in [4.69, 9.17) is 0 Å². The van der Waals surface area contributed by atoms with Crippen LogP contribution in [0.1, 0.15) is 34.1 Å². The predicted molar refractivity (Wildman–Crippen MR) is 55.5 cm³/mol. The van der Waals surface area contributed by atoms with Gasteiger partial charge in [-0.1, -0.05) is 20.8 Å². The van der Waals surface area contributed by atoms with Crippen LogP contribution in [0.3, 0.4) is 0 Å². The van der Waals surface area contributed by atoms with Crippen LogP contribution in [-0.2, 0) is 0 Å². The molecule has 1 aliphatic heterocycles. The molecule has 74 valence electrons. The molecular weight excluding hydrogens is 148 g/mol. The highest BCUT2D eigenvalue weighted by Crippen LogP contribution is 2.03. The van der Waals surface area contributed by atoms with E-state index < -0.39 is 0 Å². The van der Waals surface area contributed by atoms with Gasteiger partial charge < -0.3 is 10.2 Å². The van der Waals surface area contributed by atoms with E-state index in [1.54, 1.807) is 0 Å². The van der Waals surface area contributed by atoms with Crippen LogP contribution in [-0.4, -0.2) is 37.1 Å². The fourth-order valence-electron chi connectivity index (χ4n) is 1.67. The third-order valence-corrected chi connectivity index (χ3v) is 2.13. The van der Waals surface area contributed by atoms with Crippen molar-refractivity contribution in [1.29, 1.82) is 0 Å². The Kier molecular flexibility index (Phi) is 6.39. The number of nitrogens with one attached hydrogen (secondary N) is 1. The van der Waals surface area contributed by atoms with Gasteiger partial charge in [-0.25, -0.2) is 0 Å². The van der Waals surface area contributed by atoms with Crippen molar-refractivity contribution in [3.63, 3.8) is 0 Å². The van der Waals surface area contributed by atoms with E-state index in [2.05, 4.69) is 31.1 Å². The van der Waals surface area contributed by atoms with Crippen molar-refractivity contribution < 1.29 is 0 Å². The fraction of sp³-hybridized carbons (Fsp3) is 1.00. The van der Waals surface area contributed by atoms with Crippen molar-refractivity contribution in [2.75, 3.05) is 20.1 Å². The lowest BCUT2D eigenvalue weighted by Gasteiger charge is -2.34. The average Bonchev–Trinajstić information content (AvgIpc) is 2.06. The minimum atomic E-state index is 0.670.